The van der Waals surface area contributed by atoms with Gasteiger partial charge in [0.15, 0.2) is 0 Å². The molecule has 1 heterocycles. The zero-order valence-corrected chi connectivity index (χ0v) is 11.2. The summed E-state index contributed by atoms with van der Waals surface area (Å²) < 4.78 is 0. The Balaban J connectivity index is 2.10. The summed E-state index contributed by atoms with van der Waals surface area (Å²) in [5.74, 6) is 0. The summed E-state index contributed by atoms with van der Waals surface area (Å²) in [4.78, 5) is 2.57. The van der Waals surface area contributed by atoms with Crippen LogP contribution in [0.5, 0.6) is 0 Å². The second-order valence-corrected chi connectivity index (χ2v) is 5.47. The van der Waals surface area contributed by atoms with Crippen molar-refractivity contribution in [1.29, 1.82) is 0 Å². The number of nitrogens with two attached hydrogens (primary N) is 1. The van der Waals surface area contributed by atoms with Crippen molar-refractivity contribution in [2.24, 2.45) is 5.73 Å². The molecule has 94 valence electrons. The SMILES string of the molecule is Cc1cccc(C)c1CN1CCC(N)CC1C. The smallest absolute Gasteiger partial charge is 0.0241 e. The third-order valence-electron chi connectivity index (χ3n) is 4.06. The number of hydrogen-bond acceptors (Lipinski definition) is 2. The summed E-state index contributed by atoms with van der Waals surface area (Å²) >= 11 is 0. The third-order valence-corrected chi connectivity index (χ3v) is 4.06. The van der Waals surface area contributed by atoms with Crippen molar-refractivity contribution in [3.63, 3.8) is 0 Å². The van der Waals surface area contributed by atoms with Crippen LogP contribution >= 0.6 is 0 Å². The summed E-state index contributed by atoms with van der Waals surface area (Å²) in [6.07, 6.45) is 2.26. The van der Waals surface area contributed by atoms with Crippen LogP contribution in [0.15, 0.2) is 18.2 Å². The van der Waals surface area contributed by atoms with Gasteiger partial charge in [-0.2, -0.15) is 0 Å². The topological polar surface area (TPSA) is 29.3 Å². The summed E-state index contributed by atoms with van der Waals surface area (Å²) in [5.41, 5.74) is 10.3. The lowest BCUT2D eigenvalue weighted by Gasteiger charge is -2.37. The molecule has 1 aliphatic rings. The number of benzene rings is 1. The van der Waals surface area contributed by atoms with Gasteiger partial charge >= 0.3 is 0 Å². The number of rotatable bonds is 2. The predicted octanol–water partition coefficient (Wildman–Crippen LogP) is 2.62. The van der Waals surface area contributed by atoms with Gasteiger partial charge in [-0.05, 0) is 50.3 Å². The molecule has 2 nitrogen and oxygen atoms in total. The molecule has 2 rings (SSSR count). The highest BCUT2D eigenvalue weighted by atomic mass is 15.2. The third kappa shape index (κ3) is 2.88. The zero-order chi connectivity index (χ0) is 12.4. The van der Waals surface area contributed by atoms with Crippen LogP contribution in [0.2, 0.25) is 0 Å². The van der Waals surface area contributed by atoms with Gasteiger partial charge in [-0.1, -0.05) is 18.2 Å². The van der Waals surface area contributed by atoms with E-state index in [1.54, 1.807) is 0 Å². The second-order valence-electron chi connectivity index (χ2n) is 5.47. The Bertz CT molecular complexity index is 366. The van der Waals surface area contributed by atoms with E-state index in [9.17, 15) is 0 Å². The number of hydrogen-bond donors (Lipinski definition) is 1. The predicted molar refractivity (Wildman–Crippen MR) is 73.0 cm³/mol. The van der Waals surface area contributed by atoms with E-state index in [4.69, 9.17) is 5.73 Å². The van der Waals surface area contributed by atoms with Crippen molar-refractivity contribution in [2.45, 2.75) is 52.2 Å². The first-order valence-corrected chi connectivity index (χ1v) is 6.62. The van der Waals surface area contributed by atoms with Crippen molar-refractivity contribution in [2.75, 3.05) is 6.54 Å². The molecular weight excluding hydrogens is 208 g/mol. The fourth-order valence-corrected chi connectivity index (χ4v) is 2.79. The minimum atomic E-state index is 0.402. The summed E-state index contributed by atoms with van der Waals surface area (Å²) in [6.45, 7) is 8.93. The molecule has 0 aliphatic carbocycles. The molecule has 1 fully saturated rings. The van der Waals surface area contributed by atoms with Gasteiger partial charge in [0.1, 0.15) is 0 Å². The highest BCUT2D eigenvalue weighted by Crippen LogP contribution is 2.22. The maximum atomic E-state index is 6.01. The van der Waals surface area contributed by atoms with Crippen LogP contribution in [-0.4, -0.2) is 23.5 Å². The molecule has 0 saturated carbocycles. The minimum Gasteiger partial charge on any atom is -0.328 e. The van der Waals surface area contributed by atoms with Crippen LogP contribution in [0.1, 0.15) is 36.5 Å². The number of nitrogens with zero attached hydrogens (tertiary/aromatic N) is 1. The molecule has 0 aromatic heterocycles. The maximum absolute atomic E-state index is 6.01. The lowest BCUT2D eigenvalue weighted by Crippen LogP contribution is -2.45. The Morgan fingerprint density at radius 1 is 1.29 bits per heavy atom. The van der Waals surface area contributed by atoms with Gasteiger partial charge in [-0.3, -0.25) is 4.90 Å². The van der Waals surface area contributed by atoms with Crippen molar-refractivity contribution in [3.8, 4) is 0 Å². The van der Waals surface area contributed by atoms with Crippen molar-refractivity contribution >= 4 is 0 Å². The second kappa shape index (κ2) is 5.19. The van der Waals surface area contributed by atoms with E-state index in [0.29, 0.717) is 12.1 Å². The molecule has 0 spiro atoms. The van der Waals surface area contributed by atoms with Crippen LogP contribution in [0.25, 0.3) is 0 Å². The van der Waals surface area contributed by atoms with Crippen molar-refractivity contribution < 1.29 is 0 Å². The van der Waals surface area contributed by atoms with E-state index in [1.165, 1.54) is 16.7 Å². The van der Waals surface area contributed by atoms with Gasteiger partial charge in [0, 0.05) is 25.2 Å². The molecule has 0 amide bonds. The van der Waals surface area contributed by atoms with Gasteiger partial charge in [0.05, 0.1) is 0 Å². The molecule has 0 radical (unpaired) electrons. The largest absolute Gasteiger partial charge is 0.328 e. The Labute approximate surface area is 105 Å². The molecule has 2 unspecified atom stereocenters. The lowest BCUT2D eigenvalue weighted by molar-refractivity contribution is 0.139. The Morgan fingerprint density at radius 2 is 1.94 bits per heavy atom. The minimum absolute atomic E-state index is 0.402. The Kier molecular flexibility index (Phi) is 3.85. The first kappa shape index (κ1) is 12.6. The summed E-state index contributed by atoms with van der Waals surface area (Å²) in [5, 5.41) is 0. The molecule has 1 aliphatic heterocycles. The Morgan fingerprint density at radius 3 is 2.53 bits per heavy atom. The van der Waals surface area contributed by atoms with Gasteiger partial charge in [-0.15, -0.1) is 0 Å². The lowest BCUT2D eigenvalue weighted by atomic mass is 9.96. The molecule has 2 heteroatoms. The summed E-state index contributed by atoms with van der Waals surface area (Å²) in [7, 11) is 0. The van der Waals surface area contributed by atoms with Crippen LogP contribution < -0.4 is 5.73 Å². The molecule has 1 aromatic rings. The quantitative estimate of drug-likeness (QED) is 0.849. The van der Waals surface area contributed by atoms with E-state index >= 15 is 0 Å². The Hall–Kier alpha value is -0.860. The molecule has 0 bridgehead atoms. The van der Waals surface area contributed by atoms with E-state index < -0.39 is 0 Å². The van der Waals surface area contributed by atoms with Gasteiger partial charge in [-0.25, -0.2) is 0 Å². The van der Waals surface area contributed by atoms with E-state index in [2.05, 4.69) is 43.9 Å². The van der Waals surface area contributed by atoms with Crippen LogP contribution in [0.4, 0.5) is 0 Å². The highest BCUT2D eigenvalue weighted by molar-refractivity contribution is 5.33. The average molecular weight is 232 g/mol. The molecule has 2 N–H and O–H groups in total. The van der Waals surface area contributed by atoms with Crippen LogP contribution in [0.3, 0.4) is 0 Å². The number of likely N-dealkylation sites (tertiary alicyclic amines) is 1. The zero-order valence-electron chi connectivity index (χ0n) is 11.2. The normalized spacial score (nSPS) is 26.1. The van der Waals surface area contributed by atoms with E-state index in [0.717, 1.165) is 25.9 Å². The molecule has 1 aromatic carbocycles. The monoisotopic (exact) mass is 232 g/mol. The van der Waals surface area contributed by atoms with E-state index in [-0.39, 0.29) is 0 Å². The number of aryl methyl sites for hydroxylation is 2. The highest BCUT2D eigenvalue weighted by Gasteiger charge is 2.23. The first-order chi connectivity index (χ1) is 8.08. The van der Waals surface area contributed by atoms with Gasteiger partial charge in [0.25, 0.3) is 0 Å². The molecular formula is C15H24N2. The van der Waals surface area contributed by atoms with E-state index in [1.807, 2.05) is 0 Å². The van der Waals surface area contributed by atoms with Gasteiger partial charge in [0.2, 0.25) is 0 Å². The van der Waals surface area contributed by atoms with Crippen molar-refractivity contribution in [1.82, 2.24) is 4.90 Å². The average Bonchev–Trinajstić information content (AvgIpc) is 2.26. The maximum Gasteiger partial charge on any atom is 0.0241 e. The van der Waals surface area contributed by atoms with Gasteiger partial charge < -0.3 is 5.73 Å². The molecule has 1 saturated heterocycles. The first-order valence-electron chi connectivity index (χ1n) is 6.62. The van der Waals surface area contributed by atoms with Crippen LogP contribution in [-0.2, 0) is 6.54 Å². The molecule has 2 atom stereocenters. The van der Waals surface area contributed by atoms with Crippen molar-refractivity contribution in [3.05, 3.63) is 34.9 Å². The fourth-order valence-electron chi connectivity index (χ4n) is 2.79. The molecule has 17 heavy (non-hydrogen) atoms. The fraction of sp³-hybridized carbons (Fsp3) is 0.600. The van der Waals surface area contributed by atoms with Crippen LogP contribution in [0, 0.1) is 13.8 Å². The standard InChI is InChI=1S/C15H24N2/c1-11-5-4-6-12(2)15(11)10-17-8-7-14(16)9-13(17)3/h4-6,13-14H,7-10,16H2,1-3H3. The number of piperidine rings is 1. The summed E-state index contributed by atoms with van der Waals surface area (Å²) in [6, 6.07) is 7.58.